The molecule has 0 saturated carbocycles. The molecule has 0 amide bonds. The van der Waals surface area contributed by atoms with Crippen molar-refractivity contribution in [2.24, 2.45) is 7.05 Å². The van der Waals surface area contributed by atoms with Crippen molar-refractivity contribution in [3.8, 4) is 0 Å². The molecule has 0 radical (unpaired) electrons. The minimum Gasteiger partial charge on any atom is -0.298 e. The molecule has 3 nitrogen and oxygen atoms in total. The maximum absolute atomic E-state index is 13.5. The summed E-state index contributed by atoms with van der Waals surface area (Å²) >= 11 is 0. The van der Waals surface area contributed by atoms with Crippen LogP contribution in [0.2, 0.25) is 0 Å². The molecular formula is C14H18FN3. The van der Waals surface area contributed by atoms with E-state index in [0.29, 0.717) is 6.54 Å². The van der Waals surface area contributed by atoms with Gasteiger partial charge in [-0.25, -0.2) is 4.39 Å². The van der Waals surface area contributed by atoms with E-state index in [-0.39, 0.29) is 5.82 Å². The first kappa shape index (κ1) is 12.8. The topological polar surface area (TPSA) is 21.1 Å². The molecule has 96 valence electrons. The molecule has 0 spiro atoms. The maximum Gasteiger partial charge on any atom is 0.127 e. The van der Waals surface area contributed by atoms with E-state index in [1.807, 2.05) is 44.0 Å². The first-order valence-electron chi connectivity index (χ1n) is 5.97. The summed E-state index contributed by atoms with van der Waals surface area (Å²) in [6.07, 6.45) is 2.01. The average molecular weight is 247 g/mol. The number of hydrogen-bond donors (Lipinski definition) is 0. The van der Waals surface area contributed by atoms with E-state index in [1.54, 1.807) is 6.07 Å². The molecule has 4 heteroatoms. The van der Waals surface area contributed by atoms with Crippen molar-refractivity contribution in [3.05, 3.63) is 53.1 Å². The molecule has 0 unspecified atom stereocenters. The average Bonchev–Trinajstić information content (AvgIpc) is 2.61. The van der Waals surface area contributed by atoms with E-state index in [4.69, 9.17) is 0 Å². The summed E-state index contributed by atoms with van der Waals surface area (Å²) in [5.41, 5.74) is 2.93. The fourth-order valence-electron chi connectivity index (χ4n) is 2.07. The predicted molar refractivity (Wildman–Crippen MR) is 69.5 cm³/mol. The van der Waals surface area contributed by atoms with Gasteiger partial charge in [-0.2, -0.15) is 5.10 Å². The van der Waals surface area contributed by atoms with Gasteiger partial charge in [-0.3, -0.25) is 9.58 Å². The van der Waals surface area contributed by atoms with Crippen LogP contribution in [0.15, 0.2) is 30.5 Å². The number of nitrogens with zero attached hydrogens (tertiary/aromatic N) is 3. The zero-order chi connectivity index (χ0) is 13.1. The van der Waals surface area contributed by atoms with Gasteiger partial charge < -0.3 is 0 Å². The Hall–Kier alpha value is -1.68. The van der Waals surface area contributed by atoms with Crippen molar-refractivity contribution in [2.45, 2.75) is 20.0 Å². The molecule has 2 aromatic rings. The number of aromatic nitrogens is 2. The Balaban J connectivity index is 2.03. The summed E-state index contributed by atoms with van der Waals surface area (Å²) in [6, 6.07) is 6.89. The quantitative estimate of drug-likeness (QED) is 0.827. The fraction of sp³-hybridized carbons (Fsp3) is 0.357. The zero-order valence-corrected chi connectivity index (χ0v) is 11.0. The van der Waals surface area contributed by atoms with Gasteiger partial charge in [0.25, 0.3) is 0 Å². The van der Waals surface area contributed by atoms with Crippen LogP contribution in [0.25, 0.3) is 0 Å². The number of rotatable bonds is 4. The van der Waals surface area contributed by atoms with E-state index in [1.165, 1.54) is 11.6 Å². The van der Waals surface area contributed by atoms with Crippen molar-refractivity contribution in [1.82, 2.24) is 14.7 Å². The molecule has 0 atom stereocenters. The Kier molecular flexibility index (Phi) is 3.77. The number of halogens is 1. The molecule has 0 fully saturated rings. The monoisotopic (exact) mass is 247 g/mol. The SMILES string of the molecule is Cc1nn(C)cc1CN(C)Cc1ccccc1F. The third-order valence-electron chi connectivity index (χ3n) is 2.95. The van der Waals surface area contributed by atoms with E-state index in [9.17, 15) is 4.39 Å². The van der Waals surface area contributed by atoms with Crippen molar-refractivity contribution in [1.29, 1.82) is 0 Å². The molecule has 0 aliphatic carbocycles. The lowest BCUT2D eigenvalue weighted by atomic mass is 10.2. The second-order valence-electron chi connectivity index (χ2n) is 4.68. The van der Waals surface area contributed by atoms with Crippen molar-refractivity contribution < 1.29 is 4.39 Å². The minimum absolute atomic E-state index is 0.146. The van der Waals surface area contributed by atoms with Gasteiger partial charge in [0.05, 0.1) is 5.69 Å². The van der Waals surface area contributed by atoms with Crippen LogP contribution in [-0.4, -0.2) is 21.7 Å². The first-order valence-corrected chi connectivity index (χ1v) is 5.97. The Morgan fingerprint density at radius 2 is 1.89 bits per heavy atom. The molecule has 18 heavy (non-hydrogen) atoms. The molecule has 2 rings (SSSR count). The van der Waals surface area contributed by atoms with Crippen LogP contribution in [0.5, 0.6) is 0 Å². The molecule has 0 bridgehead atoms. The Morgan fingerprint density at radius 1 is 1.22 bits per heavy atom. The Labute approximate surface area is 107 Å². The zero-order valence-electron chi connectivity index (χ0n) is 11.0. The lowest BCUT2D eigenvalue weighted by Crippen LogP contribution is -2.18. The molecule has 0 aliphatic rings. The summed E-state index contributed by atoms with van der Waals surface area (Å²) in [6.45, 7) is 3.36. The van der Waals surface area contributed by atoms with E-state index < -0.39 is 0 Å². The summed E-state index contributed by atoms with van der Waals surface area (Å²) in [5.74, 6) is -0.146. The van der Waals surface area contributed by atoms with Crippen molar-refractivity contribution >= 4 is 0 Å². The standard InChI is InChI=1S/C14H18FN3/c1-11-13(10-18(3)16-11)9-17(2)8-12-6-4-5-7-14(12)15/h4-7,10H,8-9H2,1-3H3. The summed E-state index contributed by atoms with van der Waals surface area (Å²) < 4.78 is 15.3. The maximum atomic E-state index is 13.5. The second kappa shape index (κ2) is 5.31. The van der Waals surface area contributed by atoms with Gasteiger partial charge in [-0.15, -0.1) is 0 Å². The highest BCUT2D eigenvalue weighted by molar-refractivity contribution is 5.18. The highest BCUT2D eigenvalue weighted by Crippen LogP contribution is 2.12. The van der Waals surface area contributed by atoms with E-state index >= 15 is 0 Å². The minimum atomic E-state index is -0.146. The van der Waals surface area contributed by atoms with Gasteiger partial charge in [-0.05, 0) is 20.0 Å². The van der Waals surface area contributed by atoms with E-state index in [2.05, 4.69) is 10.00 Å². The van der Waals surface area contributed by atoms with Gasteiger partial charge in [0.15, 0.2) is 0 Å². The van der Waals surface area contributed by atoms with Crippen LogP contribution in [0.3, 0.4) is 0 Å². The fourth-order valence-corrected chi connectivity index (χ4v) is 2.07. The lowest BCUT2D eigenvalue weighted by Gasteiger charge is -2.16. The predicted octanol–water partition coefficient (Wildman–Crippen LogP) is 2.50. The van der Waals surface area contributed by atoms with Crippen LogP contribution in [0.1, 0.15) is 16.8 Å². The van der Waals surface area contributed by atoms with Gasteiger partial charge in [0.1, 0.15) is 5.82 Å². The number of aryl methyl sites for hydroxylation is 2. The van der Waals surface area contributed by atoms with Crippen LogP contribution >= 0.6 is 0 Å². The van der Waals surface area contributed by atoms with Crippen LogP contribution in [0.4, 0.5) is 4.39 Å². The van der Waals surface area contributed by atoms with Gasteiger partial charge >= 0.3 is 0 Å². The Bertz CT molecular complexity index is 534. The van der Waals surface area contributed by atoms with E-state index in [0.717, 1.165) is 17.8 Å². The highest BCUT2D eigenvalue weighted by Gasteiger charge is 2.09. The third kappa shape index (κ3) is 2.96. The van der Waals surface area contributed by atoms with Gasteiger partial charge in [-0.1, -0.05) is 18.2 Å². The van der Waals surface area contributed by atoms with Crippen LogP contribution in [-0.2, 0) is 20.1 Å². The molecule has 1 heterocycles. The smallest absolute Gasteiger partial charge is 0.127 e. The Morgan fingerprint density at radius 3 is 2.50 bits per heavy atom. The van der Waals surface area contributed by atoms with Crippen LogP contribution < -0.4 is 0 Å². The molecule has 1 aromatic heterocycles. The molecule has 0 aliphatic heterocycles. The van der Waals surface area contributed by atoms with Gasteiger partial charge in [0, 0.05) is 37.5 Å². The first-order chi connectivity index (χ1) is 8.56. The second-order valence-corrected chi connectivity index (χ2v) is 4.68. The molecular weight excluding hydrogens is 229 g/mol. The molecule has 0 saturated heterocycles. The number of hydrogen-bond acceptors (Lipinski definition) is 2. The summed E-state index contributed by atoms with van der Waals surface area (Å²) in [4.78, 5) is 2.09. The van der Waals surface area contributed by atoms with Crippen LogP contribution in [0, 0.1) is 12.7 Å². The lowest BCUT2D eigenvalue weighted by molar-refractivity contribution is 0.313. The molecule has 0 N–H and O–H groups in total. The van der Waals surface area contributed by atoms with Gasteiger partial charge in [0.2, 0.25) is 0 Å². The third-order valence-corrected chi connectivity index (χ3v) is 2.95. The highest BCUT2D eigenvalue weighted by atomic mass is 19.1. The molecule has 1 aromatic carbocycles. The van der Waals surface area contributed by atoms with Crippen molar-refractivity contribution in [3.63, 3.8) is 0 Å². The normalized spacial score (nSPS) is 11.2. The number of benzene rings is 1. The summed E-state index contributed by atoms with van der Waals surface area (Å²) in [7, 11) is 3.90. The summed E-state index contributed by atoms with van der Waals surface area (Å²) in [5, 5.41) is 4.30. The largest absolute Gasteiger partial charge is 0.298 e. The van der Waals surface area contributed by atoms with Crippen molar-refractivity contribution in [2.75, 3.05) is 7.05 Å².